The van der Waals surface area contributed by atoms with E-state index in [1.54, 1.807) is 0 Å². The first-order chi connectivity index (χ1) is 11.1. The van der Waals surface area contributed by atoms with Crippen LogP contribution in [0.4, 0.5) is 10.1 Å². The SMILES string of the molecule is O=C(NCC1CCCN1c1ccccc1)c1ccc(F)cc1Cl. The highest BCUT2D eigenvalue weighted by Gasteiger charge is 2.25. The molecule has 1 aliphatic rings. The number of carbonyl (C=O) groups is 1. The second-order valence-corrected chi connectivity index (χ2v) is 6.07. The Morgan fingerprint density at radius 1 is 1.26 bits per heavy atom. The molecule has 1 amide bonds. The number of para-hydroxylation sites is 1. The Hall–Kier alpha value is -2.07. The molecule has 3 rings (SSSR count). The molecule has 0 spiro atoms. The van der Waals surface area contributed by atoms with Crippen molar-refractivity contribution in [1.29, 1.82) is 0 Å². The monoisotopic (exact) mass is 332 g/mol. The smallest absolute Gasteiger partial charge is 0.252 e. The maximum atomic E-state index is 13.1. The van der Waals surface area contributed by atoms with Gasteiger partial charge in [0.1, 0.15) is 5.82 Å². The number of hydrogen-bond donors (Lipinski definition) is 1. The van der Waals surface area contributed by atoms with Crippen LogP contribution in [0.1, 0.15) is 23.2 Å². The second kappa shape index (κ2) is 7.01. The molecule has 2 aromatic rings. The molecule has 3 nitrogen and oxygen atoms in total. The van der Waals surface area contributed by atoms with Gasteiger partial charge in [-0.1, -0.05) is 29.8 Å². The predicted octanol–water partition coefficient (Wildman–Crippen LogP) is 3.88. The molecular formula is C18H18ClFN2O. The van der Waals surface area contributed by atoms with Crippen LogP contribution < -0.4 is 10.2 Å². The van der Waals surface area contributed by atoms with E-state index in [9.17, 15) is 9.18 Å². The van der Waals surface area contributed by atoms with Crippen LogP contribution >= 0.6 is 11.6 Å². The largest absolute Gasteiger partial charge is 0.367 e. The molecule has 0 radical (unpaired) electrons. The molecule has 0 saturated carbocycles. The molecule has 0 aromatic heterocycles. The molecule has 1 aliphatic heterocycles. The van der Waals surface area contributed by atoms with E-state index >= 15 is 0 Å². The van der Waals surface area contributed by atoms with E-state index < -0.39 is 5.82 Å². The Bertz CT molecular complexity index is 693. The van der Waals surface area contributed by atoms with Gasteiger partial charge in [-0.3, -0.25) is 4.79 Å². The summed E-state index contributed by atoms with van der Waals surface area (Å²) < 4.78 is 13.1. The lowest BCUT2D eigenvalue weighted by molar-refractivity contribution is 0.0951. The molecule has 2 aromatic carbocycles. The molecule has 120 valence electrons. The average molecular weight is 333 g/mol. The van der Waals surface area contributed by atoms with E-state index in [1.165, 1.54) is 17.8 Å². The third kappa shape index (κ3) is 3.64. The van der Waals surface area contributed by atoms with Crippen LogP contribution in [0.15, 0.2) is 48.5 Å². The average Bonchev–Trinajstić information content (AvgIpc) is 3.02. The van der Waals surface area contributed by atoms with Crippen molar-refractivity contribution in [3.05, 3.63) is 64.9 Å². The molecule has 1 N–H and O–H groups in total. The zero-order valence-electron chi connectivity index (χ0n) is 12.6. The van der Waals surface area contributed by atoms with Gasteiger partial charge in [-0.15, -0.1) is 0 Å². The number of nitrogens with zero attached hydrogens (tertiary/aromatic N) is 1. The van der Waals surface area contributed by atoms with Crippen LogP contribution in [-0.2, 0) is 0 Å². The van der Waals surface area contributed by atoms with Crippen LogP contribution in [0.25, 0.3) is 0 Å². The van der Waals surface area contributed by atoms with Crippen molar-refractivity contribution < 1.29 is 9.18 Å². The third-order valence-corrected chi connectivity index (χ3v) is 4.45. The number of hydrogen-bond acceptors (Lipinski definition) is 2. The number of nitrogens with one attached hydrogen (secondary N) is 1. The Labute approximate surface area is 140 Å². The van der Waals surface area contributed by atoms with Crippen molar-refractivity contribution in [2.75, 3.05) is 18.0 Å². The van der Waals surface area contributed by atoms with E-state index in [0.717, 1.165) is 25.5 Å². The van der Waals surface area contributed by atoms with Gasteiger partial charge in [0.2, 0.25) is 0 Å². The fraction of sp³-hybridized carbons (Fsp3) is 0.278. The van der Waals surface area contributed by atoms with Gasteiger partial charge in [0.05, 0.1) is 10.6 Å². The predicted molar refractivity (Wildman–Crippen MR) is 90.6 cm³/mol. The summed E-state index contributed by atoms with van der Waals surface area (Å²) in [5, 5.41) is 3.05. The van der Waals surface area contributed by atoms with E-state index in [2.05, 4.69) is 22.3 Å². The first-order valence-corrected chi connectivity index (χ1v) is 8.08. The van der Waals surface area contributed by atoms with Crippen molar-refractivity contribution in [2.24, 2.45) is 0 Å². The van der Waals surface area contributed by atoms with Crippen molar-refractivity contribution >= 4 is 23.2 Å². The maximum absolute atomic E-state index is 13.1. The molecule has 1 saturated heterocycles. The van der Waals surface area contributed by atoms with Crippen molar-refractivity contribution in [1.82, 2.24) is 5.32 Å². The van der Waals surface area contributed by atoms with Crippen molar-refractivity contribution in [2.45, 2.75) is 18.9 Å². The normalized spacial score (nSPS) is 17.3. The van der Waals surface area contributed by atoms with Crippen molar-refractivity contribution in [3.63, 3.8) is 0 Å². The van der Waals surface area contributed by atoms with Crippen LogP contribution in [-0.4, -0.2) is 25.0 Å². The topological polar surface area (TPSA) is 32.3 Å². The number of rotatable bonds is 4. The summed E-state index contributed by atoms with van der Waals surface area (Å²) in [5.41, 5.74) is 1.47. The summed E-state index contributed by atoms with van der Waals surface area (Å²) in [7, 11) is 0. The fourth-order valence-corrected chi connectivity index (χ4v) is 3.24. The van der Waals surface area contributed by atoms with Gasteiger partial charge in [0.25, 0.3) is 5.91 Å². The van der Waals surface area contributed by atoms with E-state index in [-0.39, 0.29) is 17.0 Å². The van der Waals surface area contributed by atoms with Gasteiger partial charge in [0.15, 0.2) is 0 Å². The molecular weight excluding hydrogens is 315 g/mol. The van der Waals surface area contributed by atoms with Gasteiger partial charge < -0.3 is 10.2 Å². The molecule has 1 unspecified atom stereocenters. The minimum atomic E-state index is -0.447. The Morgan fingerprint density at radius 2 is 2.04 bits per heavy atom. The third-order valence-electron chi connectivity index (χ3n) is 4.14. The highest BCUT2D eigenvalue weighted by molar-refractivity contribution is 6.33. The zero-order valence-corrected chi connectivity index (χ0v) is 13.4. The molecule has 5 heteroatoms. The number of carbonyl (C=O) groups excluding carboxylic acids is 1. The van der Waals surface area contributed by atoms with Gasteiger partial charge in [0, 0.05) is 24.8 Å². The number of anilines is 1. The van der Waals surface area contributed by atoms with Crippen molar-refractivity contribution in [3.8, 4) is 0 Å². The summed E-state index contributed by atoms with van der Waals surface area (Å²) in [6.07, 6.45) is 2.14. The first-order valence-electron chi connectivity index (χ1n) is 7.70. The van der Waals surface area contributed by atoms with Gasteiger partial charge in [-0.05, 0) is 43.2 Å². The summed E-state index contributed by atoms with van der Waals surface area (Å²) in [6, 6.07) is 14.3. The molecule has 1 atom stereocenters. The lowest BCUT2D eigenvalue weighted by Gasteiger charge is -2.27. The molecule has 0 bridgehead atoms. The summed E-state index contributed by atoms with van der Waals surface area (Å²) in [6.45, 7) is 1.53. The standard InChI is InChI=1S/C18H18ClFN2O/c19-17-11-13(20)8-9-16(17)18(23)21-12-15-7-4-10-22(15)14-5-2-1-3-6-14/h1-3,5-6,8-9,11,15H,4,7,10,12H2,(H,21,23). The first kappa shape index (κ1) is 15.8. The zero-order chi connectivity index (χ0) is 16.2. The minimum Gasteiger partial charge on any atom is -0.367 e. The quantitative estimate of drug-likeness (QED) is 0.921. The number of halogens is 2. The van der Waals surface area contributed by atoms with E-state index in [1.807, 2.05) is 18.2 Å². The number of amides is 1. The van der Waals surface area contributed by atoms with E-state index in [0.29, 0.717) is 12.1 Å². The summed E-state index contributed by atoms with van der Waals surface area (Å²) >= 11 is 5.93. The highest BCUT2D eigenvalue weighted by atomic mass is 35.5. The van der Waals surface area contributed by atoms with Crippen LogP contribution in [0.3, 0.4) is 0 Å². The summed E-state index contributed by atoms with van der Waals surface area (Å²) in [5.74, 6) is -0.715. The van der Waals surface area contributed by atoms with Crippen LogP contribution in [0.2, 0.25) is 5.02 Å². The fourth-order valence-electron chi connectivity index (χ4n) is 2.99. The van der Waals surface area contributed by atoms with Crippen LogP contribution in [0, 0.1) is 5.82 Å². The highest BCUT2D eigenvalue weighted by Crippen LogP contribution is 2.25. The molecule has 1 fully saturated rings. The molecule has 23 heavy (non-hydrogen) atoms. The maximum Gasteiger partial charge on any atom is 0.252 e. The van der Waals surface area contributed by atoms with Gasteiger partial charge >= 0.3 is 0 Å². The Balaban J connectivity index is 1.64. The van der Waals surface area contributed by atoms with Crippen LogP contribution in [0.5, 0.6) is 0 Å². The van der Waals surface area contributed by atoms with E-state index in [4.69, 9.17) is 11.6 Å². The molecule has 0 aliphatic carbocycles. The summed E-state index contributed by atoms with van der Waals surface area (Å²) in [4.78, 5) is 14.6. The van der Waals surface area contributed by atoms with Gasteiger partial charge in [-0.25, -0.2) is 4.39 Å². The lowest BCUT2D eigenvalue weighted by Crippen LogP contribution is -2.40. The lowest BCUT2D eigenvalue weighted by atomic mass is 10.1. The Kier molecular flexibility index (Phi) is 4.82. The van der Waals surface area contributed by atoms with Gasteiger partial charge in [-0.2, -0.15) is 0 Å². The minimum absolute atomic E-state index is 0.133. The molecule has 1 heterocycles. The second-order valence-electron chi connectivity index (χ2n) is 5.66. The number of benzene rings is 2. The Morgan fingerprint density at radius 3 is 2.78 bits per heavy atom.